The minimum absolute atomic E-state index is 0.0134. The molecule has 2 aliphatic rings. The fraction of sp³-hybridized carbons (Fsp3) is 0.364. The molecule has 27 heavy (non-hydrogen) atoms. The predicted octanol–water partition coefficient (Wildman–Crippen LogP) is 4.70. The molecule has 140 valence electrons. The molecule has 1 N–H and O–H groups in total. The van der Waals surface area contributed by atoms with E-state index in [9.17, 15) is 9.59 Å². The lowest BCUT2D eigenvalue weighted by Gasteiger charge is -2.36. The number of carbonyl (C=O) groups excluding carboxylic acids is 2. The van der Waals surface area contributed by atoms with Crippen molar-refractivity contribution in [3.63, 3.8) is 0 Å². The van der Waals surface area contributed by atoms with E-state index in [1.807, 2.05) is 60.4 Å². The highest BCUT2D eigenvalue weighted by atomic mass is 32.2. The Bertz CT molecular complexity index is 925. The second-order valence-electron chi connectivity index (χ2n) is 8.22. The van der Waals surface area contributed by atoms with Gasteiger partial charge in [0, 0.05) is 23.1 Å². The van der Waals surface area contributed by atoms with E-state index in [0.717, 1.165) is 17.8 Å². The molecule has 4 nitrogen and oxygen atoms in total. The lowest BCUT2D eigenvalue weighted by molar-refractivity contribution is -0.117. The summed E-state index contributed by atoms with van der Waals surface area (Å²) >= 11 is 1.72. The Morgan fingerprint density at radius 2 is 1.81 bits per heavy atom. The highest BCUT2D eigenvalue weighted by molar-refractivity contribution is 8.02. The SMILES string of the molecule is CC1SC2(C)CC(C)(C)Nc3cc(C(=O)c4ccccc4)ccc3N2C1=O. The van der Waals surface area contributed by atoms with Crippen LogP contribution in [0.15, 0.2) is 48.5 Å². The van der Waals surface area contributed by atoms with Crippen LogP contribution in [0.1, 0.15) is 50.0 Å². The summed E-state index contributed by atoms with van der Waals surface area (Å²) in [6.07, 6.45) is 0.817. The van der Waals surface area contributed by atoms with Gasteiger partial charge in [0.15, 0.2) is 5.78 Å². The Labute approximate surface area is 164 Å². The summed E-state index contributed by atoms with van der Waals surface area (Å²) in [5, 5.41) is 3.51. The first kappa shape index (κ1) is 18.1. The maximum atomic E-state index is 12.9. The van der Waals surface area contributed by atoms with Crippen LogP contribution in [0.25, 0.3) is 0 Å². The smallest absolute Gasteiger partial charge is 0.241 e. The number of thioether (sulfide) groups is 1. The van der Waals surface area contributed by atoms with Crippen molar-refractivity contribution in [1.29, 1.82) is 0 Å². The molecule has 2 unspecified atom stereocenters. The van der Waals surface area contributed by atoms with Crippen molar-refractivity contribution in [2.24, 2.45) is 0 Å². The average Bonchev–Trinajstić information content (AvgIpc) is 2.77. The highest BCUT2D eigenvalue weighted by Crippen LogP contribution is 2.52. The van der Waals surface area contributed by atoms with Crippen LogP contribution in [-0.2, 0) is 4.79 Å². The monoisotopic (exact) mass is 380 g/mol. The molecule has 1 fully saturated rings. The molecule has 0 aliphatic carbocycles. The van der Waals surface area contributed by atoms with Crippen molar-refractivity contribution in [1.82, 2.24) is 0 Å². The van der Waals surface area contributed by atoms with Gasteiger partial charge in [-0.3, -0.25) is 14.5 Å². The van der Waals surface area contributed by atoms with E-state index in [2.05, 4.69) is 26.1 Å². The van der Waals surface area contributed by atoms with Crippen molar-refractivity contribution in [3.05, 3.63) is 59.7 Å². The quantitative estimate of drug-likeness (QED) is 0.768. The fourth-order valence-corrected chi connectivity index (χ4v) is 6.06. The van der Waals surface area contributed by atoms with Crippen LogP contribution in [0.4, 0.5) is 11.4 Å². The zero-order valence-corrected chi connectivity index (χ0v) is 16.9. The van der Waals surface area contributed by atoms with E-state index in [1.165, 1.54) is 0 Å². The Hall–Kier alpha value is -2.27. The predicted molar refractivity (Wildman–Crippen MR) is 112 cm³/mol. The number of anilines is 2. The lowest BCUT2D eigenvalue weighted by Crippen LogP contribution is -2.46. The third-order valence-corrected chi connectivity index (χ3v) is 6.64. The molecule has 5 heteroatoms. The number of nitrogens with one attached hydrogen (secondary N) is 1. The molecule has 1 amide bonds. The van der Waals surface area contributed by atoms with Crippen molar-refractivity contribution in [2.75, 3.05) is 10.2 Å². The van der Waals surface area contributed by atoms with Gasteiger partial charge in [-0.2, -0.15) is 0 Å². The van der Waals surface area contributed by atoms with Crippen LogP contribution in [0, 0.1) is 0 Å². The summed E-state index contributed by atoms with van der Waals surface area (Å²) in [4.78, 5) is 27.4. The minimum Gasteiger partial charge on any atom is -0.378 e. The van der Waals surface area contributed by atoms with E-state index in [1.54, 1.807) is 11.8 Å². The third-order valence-electron chi connectivity index (χ3n) is 5.25. The van der Waals surface area contributed by atoms with Crippen LogP contribution < -0.4 is 10.2 Å². The van der Waals surface area contributed by atoms with Crippen LogP contribution >= 0.6 is 11.8 Å². The number of hydrogen-bond acceptors (Lipinski definition) is 4. The van der Waals surface area contributed by atoms with Crippen molar-refractivity contribution >= 4 is 34.8 Å². The molecule has 0 bridgehead atoms. The summed E-state index contributed by atoms with van der Waals surface area (Å²) in [6.45, 7) is 8.40. The molecular formula is C22H24N2O2S. The van der Waals surface area contributed by atoms with Crippen molar-refractivity contribution < 1.29 is 9.59 Å². The Morgan fingerprint density at radius 3 is 2.52 bits per heavy atom. The van der Waals surface area contributed by atoms with Gasteiger partial charge in [0.2, 0.25) is 5.91 Å². The number of nitrogens with zero attached hydrogens (tertiary/aromatic N) is 1. The van der Waals surface area contributed by atoms with Crippen molar-refractivity contribution in [2.45, 2.75) is 49.8 Å². The van der Waals surface area contributed by atoms with Crippen LogP contribution in [0.2, 0.25) is 0 Å². The molecular weight excluding hydrogens is 356 g/mol. The summed E-state index contributed by atoms with van der Waals surface area (Å²) < 4.78 is 0. The van der Waals surface area contributed by atoms with E-state index in [4.69, 9.17) is 0 Å². The molecule has 0 spiro atoms. The number of benzene rings is 2. The fourth-order valence-electron chi connectivity index (χ4n) is 4.35. The summed E-state index contributed by atoms with van der Waals surface area (Å²) in [7, 11) is 0. The van der Waals surface area contributed by atoms with Gasteiger partial charge in [-0.1, -0.05) is 30.3 Å². The van der Waals surface area contributed by atoms with E-state index >= 15 is 0 Å². The second-order valence-corrected chi connectivity index (χ2v) is 10.0. The van der Waals surface area contributed by atoms with E-state index in [0.29, 0.717) is 11.1 Å². The summed E-state index contributed by atoms with van der Waals surface area (Å²) in [5.74, 6) is 0.117. The van der Waals surface area contributed by atoms with Gasteiger partial charge < -0.3 is 5.32 Å². The number of amides is 1. The van der Waals surface area contributed by atoms with Gasteiger partial charge in [-0.25, -0.2) is 0 Å². The number of hydrogen-bond donors (Lipinski definition) is 1. The molecule has 0 aromatic heterocycles. The molecule has 2 aliphatic heterocycles. The van der Waals surface area contributed by atoms with Crippen LogP contribution in [0.3, 0.4) is 0 Å². The molecule has 0 radical (unpaired) electrons. The summed E-state index contributed by atoms with van der Waals surface area (Å²) in [5.41, 5.74) is 2.78. The van der Waals surface area contributed by atoms with Gasteiger partial charge >= 0.3 is 0 Å². The number of rotatable bonds is 2. The Morgan fingerprint density at radius 1 is 1.11 bits per heavy atom. The van der Waals surface area contributed by atoms with Gasteiger partial charge in [-0.15, -0.1) is 11.8 Å². The van der Waals surface area contributed by atoms with Gasteiger partial charge in [0.1, 0.15) is 0 Å². The number of carbonyl (C=O) groups is 2. The standard InChI is InChI=1S/C22H24N2O2S/c1-14-20(26)24-18-11-10-16(19(25)15-8-6-5-7-9-15)12-17(18)23-21(2,3)13-22(24,4)27-14/h5-12,14,23H,13H2,1-4H3. The van der Waals surface area contributed by atoms with E-state index < -0.39 is 0 Å². The topological polar surface area (TPSA) is 49.4 Å². The zero-order valence-electron chi connectivity index (χ0n) is 16.1. The van der Waals surface area contributed by atoms with Gasteiger partial charge in [0.25, 0.3) is 0 Å². The van der Waals surface area contributed by atoms with Crippen molar-refractivity contribution in [3.8, 4) is 0 Å². The second kappa shape index (κ2) is 6.13. The summed E-state index contributed by atoms with van der Waals surface area (Å²) in [6, 6.07) is 14.9. The maximum absolute atomic E-state index is 12.9. The third kappa shape index (κ3) is 3.04. The Balaban J connectivity index is 1.82. The van der Waals surface area contributed by atoms with Gasteiger partial charge in [-0.05, 0) is 45.9 Å². The molecule has 0 saturated carbocycles. The first-order valence-corrected chi connectivity index (χ1v) is 10.1. The molecule has 1 saturated heterocycles. The molecule has 2 heterocycles. The first-order chi connectivity index (χ1) is 12.7. The first-order valence-electron chi connectivity index (χ1n) is 9.24. The maximum Gasteiger partial charge on any atom is 0.241 e. The van der Waals surface area contributed by atoms with E-state index in [-0.39, 0.29) is 27.4 Å². The largest absolute Gasteiger partial charge is 0.378 e. The number of ketones is 1. The van der Waals surface area contributed by atoms with Gasteiger partial charge in [0.05, 0.1) is 21.5 Å². The Kier molecular flexibility index (Phi) is 4.11. The van der Waals surface area contributed by atoms with Crippen LogP contribution in [0.5, 0.6) is 0 Å². The normalized spacial score (nSPS) is 26.0. The lowest BCUT2D eigenvalue weighted by atomic mass is 9.95. The molecule has 2 aromatic carbocycles. The molecule has 2 atom stereocenters. The molecule has 4 rings (SSSR count). The zero-order chi connectivity index (χ0) is 19.4. The minimum atomic E-state index is -0.302. The number of fused-ring (bicyclic) bond motifs is 3. The van der Waals surface area contributed by atoms with Crippen LogP contribution in [-0.4, -0.2) is 27.4 Å². The average molecular weight is 381 g/mol. The molecule has 2 aromatic rings. The highest BCUT2D eigenvalue weighted by Gasteiger charge is 2.52.